The van der Waals surface area contributed by atoms with Crippen molar-refractivity contribution in [1.82, 2.24) is 9.97 Å². The monoisotopic (exact) mass is 422 g/mol. The third-order valence-electron chi connectivity index (χ3n) is 3.42. The summed E-state index contributed by atoms with van der Waals surface area (Å²) in [4.78, 5) is 30.0. The van der Waals surface area contributed by atoms with E-state index in [1.165, 1.54) is 42.5 Å². The first-order valence-corrected chi connectivity index (χ1v) is 8.12. The number of carbonyl (C=O) groups is 1. The predicted octanol–water partition coefficient (Wildman–Crippen LogP) is 4.26. The highest BCUT2D eigenvalue weighted by Gasteiger charge is 2.10. The molecular formula is C17H9BrClFN2O3. The number of nitrogens with one attached hydrogen (secondary N) is 1. The molecule has 25 heavy (non-hydrogen) atoms. The molecule has 1 aromatic heterocycles. The molecule has 0 atom stereocenters. The van der Waals surface area contributed by atoms with Crippen molar-refractivity contribution in [2.24, 2.45) is 0 Å². The van der Waals surface area contributed by atoms with Gasteiger partial charge < -0.3 is 10.1 Å². The highest BCUT2D eigenvalue weighted by atomic mass is 79.9. The normalized spacial score (nSPS) is 11.7. The van der Waals surface area contributed by atoms with Gasteiger partial charge in [0.15, 0.2) is 5.82 Å². The standard InChI is InChI=1S/C17H9BrClFN2O3/c18-11-5-8(1-4-13(11)20)6-12(19)15-21-14-7-9(17(24)25)2-3-10(14)16(23)22-15/h1-7H,(H,24,25)(H,21,22,23)/b12-6-. The SMILES string of the molecule is O=C(O)c1ccc2c(=O)[nH]c(/C(Cl)=C/c3ccc(F)c(Br)c3)nc2c1. The molecule has 2 N–H and O–H groups in total. The molecule has 126 valence electrons. The Morgan fingerprint density at radius 1 is 1.28 bits per heavy atom. The molecule has 0 fully saturated rings. The lowest BCUT2D eigenvalue weighted by atomic mass is 10.1. The summed E-state index contributed by atoms with van der Waals surface area (Å²) >= 11 is 9.29. The zero-order valence-electron chi connectivity index (χ0n) is 12.4. The van der Waals surface area contributed by atoms with Crippen molar-refractivity contribution in [3.63, 3.8) is 0 Å². The number of hydrogen-bond donors (Lipinski definition) is 2. The van der Waals surface area contributed by atoms with Gasteiger partial charge in [-0.05, 0) is 57.9 Å². The minimum absolute atomic E-state index is 0.0131. The Labute approximate surface area is 153 Å². The molecule has 3 aromatic rings. The molecule has 0 unspecified atom stereocenters. The van der Waals surface area contributed by atoms with Gasteiger partial charge in [-0.2, -0.15) is 0 Å². The number of halogens is 3. The van der Waals surface area contributed by atoms with E-state index in [4.69, 9.17) is 16.7 Å². The van der Waals surface area contributed by atoms with E-state index in [0.29, 0.717) is 5.56 Å². The van der Waals surface area contributed by atoms with Crippen LogP contribution >= 0.6 is 27.5 Å². The number of aromatic carboxylic acids is 1. The number of carboxylic acid groups (broad SMARTS) is 1. The van der Waals surface area contributed by atoms with Crippen LogP contribution in [0, 0.1) is 5.82 Å². The predicted molar refractivity (Wildman–Crippen MR) is 97.1 cm³/mol. The Morgan fingerprint density at radius 3 is 2.72 bits per heavy atom. The van der Waals surface area contributed by atoms with Gasteiger partial charge in [-0.15, -0.1) is 0 Å². The van der Waals surface area contributed by atoms with Crippen molar-refractivity contribution in [2.75, 3.05) is 0 Å². The van der Waals surface area contributed by atoms with Gasteiger partial charge in [0, 0.05) is 0 Å². The molecule has 0 saturated carbocycles. The second kappa shape index (κ2) is 6.78. The van der Waals surface area contributed by atoms with Crippen LogP contribution in [0.15, 0.2) is 45.7 Å². The van der Waals surface area contributed by atoms with E-state index in [1.54, 1.807) is 0 Å². The Hall–Kier alpha value is -2.51. The number of H-pyrrole nitrogens is 1. The summed E-state index contributed by atoms with van der Waals surface area (Å²) in [6.45, 7) is 0. The van der Waals surface area contributed by atoms with E-state index in [2.05, 4.69) is 25.9 Å². The first-order chi connectivity index (χ1) is 11.8. The van der Waals surface area contributed by atoms with Gasteiger partial charge in [-0.25, -0.2) is 14.2 Å². The molecule has 0 bridgehead atoms. The first kappa shape index (κ1) is 17.3. The fraction of sp³-hybridized carbons (Fsp3) is 0. The Kier molecular flexibility index (Phi) is 4.69. The van der Waals surface area contributed by atoms with Crippen molar-refractivity contribution in [2.45, 2.75) is 0 Å². The Bertz CT molecular complexity index is 1090. The third-order valence-corrected chi connectivity index (χ3v) is 4.31. The van der Waals surface area contributed by atoms with Crippen LogP contribution in [0.25, 0.3) is 22.0 Å². The minimum Gasteiger partial charge on any atom is -0.478 e. The van der Waals surface area contributed by atoms with Gasteiger partial charge in [0.05, 0.1) is 26.0 Å². The highest BCUT2D eigenvalue weighted by Crippen LogP contribution is 2.23. The smallest absolute Gasteiger partial charge is 0.335 e. The second-order valence-corrected chi connectivity index (χ2v) is 6.38. The zero-order valence-corrected chi connectivity index (χ0v) is 14.7. The lowest BCUT2D eigenvalue weighted by molar-refractivity contribution is 0.0697. The van der Waals surface area contributed by atoms with Crippen LogP contribution in [0.1, 0.15) is 21.7 Å². The Balaban J connectivity index is 2.10. The number of nitrogens with zero attached hydrogens (tertiary/aromatic N) is 1. The molecular weight excluding hydrogens is 415 g/mol. The summed E-state index contributed by atoms with van der Waals surface area (Å²) in [5.41, 5.74) is 0.383. The number of fused-ring (bicyclic) bond motifs is 1. The molecule has 0 saturated heterocycles. The molecule has 0 spiro atoms. The summed E-state index contributed by atoms with van der Waals surface area (Å²) in [7, 11) is 0. The lowest BCUT2D eigenvalue weighted by Crippen LogP contribution is -2.11. The van der Waals surface area contributed by atoms with Crippen molar-refractivity contribution >= 4 is 55.5 Å². The molecule has 1 heterocycles. The molecule has 0 radical (unpaired) electrons. The van der Waals surface area contributed by atoms with Crippen LogP contribution in [-0.2, 0) is 0 Å². The molecule has 5 nitrogen and oxygen atoms in total. The zero-order chi connectivity index (χ0) is 18.1. The summed E-state index contributed by atoms with van der Waals surface area (Å²) in [6, 6.07) is 8.34. The van der Waals surface area contributed by atoms with E-state index in [1.807, 2.05) is 0 Å². The van der Waals surface area contributed by atoms with Crippen molar-refractivity contribution in [1.29, 1.82) is 0 Å². The highest BCUT2D eigenvalue weighted by molar-refractivity contribution is 9.10. The summed E-state index contributed by atoms with van der Waals surface area (Å²) in [5.74, 6) is -1.45. The van der Waals surface area contributed by atoms with Crippen molar-refractivity contribution in [3.05, 3.63) is 74.0 Å². The number of aromatic nitrogens is 2. The maximum absolute atomic E-state index is 13.3. The molecule has 3 rings (SSSR count). The van der Waals surface area contributed by atoms with Crippen molar-refractivity contribution in [3.8, 4) is 0 Å². The Morgan fingerprint density at radius 2 is 2.04 bits per heavy atom. The number of carboxylic acids is 1. The van der Waals surface area contributed by atoms with Crippen LogP contribution in [0.5, 0.6) is 0 Å². The van der Waals surface area contributed by atoms with Gasteiger partial charge in [0.1, 0.15) is 5.82 Å². The lowest BCUT2D eigenvalue weighted by Gasteiger charge is -2.04. The van der Waals surface area contributed by atoms with Gasteiger partial charge in [0.2, 0.25) is 0 Å². The van der Waals surface area contributed by atoms with Crippen molar-refractivity contribution < 1.29 is 14.3 Å². The van der Waals surface area contributed by atoms with Gasteiger partial charge in [-0.3, -0.25) is 4.79 Å². The van der Waals surface area contributed by atoms with E-state index in [-0.39, 0.29) is 31.8 Å². The average Bonchev–Trinajstić information content (AvgIpc) is 2.57. The number of rotatable bonds is 3. The van der Waals surface area contributed by atoms with Crippen LogP contribution < -0.4 is 5.56 Å². The minimum atomic E-state index is -1.12. The van der Waals surface area contributed by atoms with Gasteiger partial charge >= 0.3 is 5.97 Å². The number of aromatic amines is 1. The summed E-state index contributed by atoms with van der Waals surface area (Å²) in [6.07, 6.45) is 1.51. The molecule has 2 aromatic carbocycles. The quantitative estimate of drug-likeness (QED) is 0.659. The molecule has 0 aliphatic rings. The van der Waals surface area contributed by atoms with E-state index in [9.17, 15) is 14.0 Å². The fourth-order valence-corrected chi connectivity index (χ4v) is 2.81. The van der Waals surface area contributed by atoms with Crippen LogP contribution in [-0.4, -0.2) is 21.0 Å². The van der Waals surface area contributed by atoms with E-state index in [0.717, 1.165) is 0 Å². The molecule has 0 aliphatic heterocycles. The second-order valence-electron chi connectivity index (χ2n) is 5.12. The summed E-state index contributed by atoms with van der Waals surface area (Å²) < 4.78 is 13.6. The van der Waals surface area contributed by atoms with E-state index < -0.39 is 17.3 Å². The van der Waals surface area contributed by atoms with Gasteiger partial charge in [-0.1, -0.05) is 17.7 Å². The third kappa shape index (κ3) is 3.62. The van der Waals surface area contributed by atoms with Crippen LogP contribution in [0.3, 0.4) is 0 Å². The van der Waals surface area contributed by atoms with E-state index >= 15 is 0 Å². The topological polar surface area (TPSA) is 83.0 Å². The van der Waals surface area contributed by atoms with Crippen LogP contribution in [0.4, 0.5) is 4.39 Å². The molecule has 8 heteroatoms. The number of hydrogen-bond acceptors (Lipinski definition) is 3. The maximum Gasteiger partial charge on any atom is 0.335 e. The molecule has 0 aliphatic carbocycles. The van der Waals surface area contributed by atoms with Crippen LogP contribution in [0.2, 0.25) is 0 Å². The summed E-state index contributed by atoms with van der Waals surface area (Å²) in [5, 5.41) is 9.42. The fourth-order valence-electron chi connectivity index (χ4n) is 2.20. The number of benzene rings is 2. The van der Waals surface area contributed by atoms with Gasteiger partial charge in [0.25, 0.3) is 5.56 Å². The average molecular weight is 424 g/mol. The first-order valence-electron chi connectivity index (χ1n) is 6.95. The largest absolute Gasteiger partial charge is 0.478 e. The molecule has 0 amide bonds. The maximum atomic E-state index is 13.3.